The van der Waals surface area contributed by atoms with Crippen LogP contribution in [0.5, 0.6) is 0 Å². The molecule has 6 nitrogen and oxygen atoms in total. The summed E-state index contributed by atoms with van der Waals surface area (Å²) in [5.74, 6) is 1.15. The van der Waals surface area contributed by atoms with E-state index in [0.717, 1.165) is 62.3 Å². The molecule has 3 aromatic rings. The monoisotopic (exact) mass is 463 g/mol. The quantitative estimate of drug-likeness (QED) is 0.564. The summed E-state index contributed by atoms with van der Waals surface area (Å²) >= 11 is 0. The molecule has 2 saturated heterocycles. The highest BCUT2D eigenvalue weighted by Crippen LogP contribution is 2.33. The molecule has 4 heterocycles. The molecule has 2 aliphatic heterocycles. The van der Waals surface area contributed by atoms with Crippen LogP contribution in [0.25, 0.3) is 10.9 Å². The molecule has 180 valence electrons. The number of pyridine rings is 1. The number of anilines is 1. The van der Waals surface area contributed by atoms with E-state index in [-0.39, 0.29) is 11.7 Å². The van der Waals surface area contributed by atoms with Crippen molar-refractivity contribution in [2.75, 3.05) is 50.7 Å². The lowest BCUT2D eigenvalue weighted by molar-refractivity contribution is -0.120. The number of likely N-dealkylation sites (tertiary alicyclic amines) is 2. The molecule has 1 amide bonds. The Hall–Kier alpha value is -2.77. The van der Waals surface area contributed by atoms with Gasteiger partial charge in [-0.15, -0.1) is 0 Å². The molecule has 0 bridgehead atoms. The van der Waals surface area contributed by atoms with E-state index in [4.69, 9.17) is 0 Å². The van der Waals surface area contributed by atoms with Crippen LogP contribution in [0, 0.1) is 5.82 Å². The van der Waals surface area contributed by atoms with Gasteiger partial charge >= 0.3 is 0 Å². The van der Waals surface area contributed by atoms with Crippen LogP contribution in [0.2, 0.25) is 0 Å². The molecule has 7 heteroatoms. The topological polar surface area (TPSA) is 55.5 Å². The highest BCUT2D eigenvalue weighted by atomic mass is 19.1. The highest BCUT2D eigenvalue weighted by Gasteiger charge is 2.25. The van der Waals surface area contributed by atoms with E-state index in [2.05, 4.69) is 19.8 Å². The third-order valence-corrected chi connectivity index (χ3v) is 7.38. The van der Waals surface area contributed by atoms with Gasteiger partial charge < -0.3 is 9.88 Å². The molecule has 0 atom stereocenters. The smallest absolute Gasteiger partial charge is 0.242 e. The number of rotatable bonds is 7. The van der Waals surface area contributed by atoms with Gasteiger partial charge in [0.05, 0.1) is 6.54 Å². The first kappa shape index (κ1) is 23.0. The lowest BCUT2D eigenvalue weighted by Gasteiger charge is -2.34. The molecule has 0 aliphatic carbocycles. The zero-order valence-electron chi connectivity index (χ0n) is 19.8. The number of aromatic nitrogens is 2. The second kappa shape index (κ2) is 10.7. The van der Waals surface area contributed by atoms with Crippen molar-refractivity contribution in [3.8, 4) is 0 Å². The van der Waals surface area contributed by atoms with Crippen LogP contribution >= 0.6 is 0 Å². The maximum Gasteiger partial charge on any atom is 0.242 e. The second-order valence-corrected chi connectivity index (χ2v) is 9.62. The molecule has 1 N–H and O–H groups in total. The van der Waals surface area contributed by atoms with Gasteiger partial charge in [0.1, 0.15) is 11.6 Å². The number of amides is 1. The summed E-state index contributed by atoms with van der Waals surface area (Å²) in [5, 5.41) is 1.13. The van der Waals surface area contributed by atoms with Crippen LogP contribution in [-0.4, -0.2) is 71.5 Å². The van der Waals surface area contributed by atoms with Gasteiger partial charge in [-0.05, 0) is 93.7 Å². The fourth-order valence-corrected chi connectivity index (χ4v) is 5.44. The van der Waals surface area contributed by atoms with Crippen LogP contribution in [0.15, 0.2) is 48.8 Å². The van der Waals surface area contributed by atoms with Crippen molar-refractivity contribution in [3.63, 3.8) is 0 Å². The largest absolute Gasteiger partial charge is 0.361 e. The average molecular weight is 464 g/mol. The van der Waals surface area contributed by atoms with E-state index in [9.17, 15) is 9.18 Å². The second-order valence-electron chi connectivity index (χ2n) is 9.62. The number of H-pyrrole nitrogens is 1. The third kappa shape index (κ3) is 5.31. The van der Waals surface area contributed by atoms with Gasteiger partial charge in [-0.3, -0.25) is 14.6 Å². The van der Waals surface area contributed by atoms with E-state index in [1.807, 2.05) is 35.4 Å². The molecular weight excluding hydrogens is 429 g/mol. The minimum Gasteiger partial charge on any atom is -0.361 e. The SMILES string of the molecule is O=C(CN1CCCCC1)N(CCN1CCC(c2c[nH]c3cc(F)ccc23)CC1)c1ccccn1. The number of fused-ring (bicyclic) bond motifs is 1. The van der Waals surface area contributed by atoms with Crippen LogP contribution < -0.4 is 4.90 Å². The number of piperidine rings is 2. The predicted molar refractivity (Wildman–Crippen MR) is 134 cm³/mol. The van der Waals surface area contributed by atoms with Gasteiger partial charge in [0.25, 0.3) is 0 Å². The Bertz CT molecular complexity index is 1090. The van der Waals surface area contributed by atoms with Gasteiger partial charge in [-0.25, -0.2) is 9.37 Å². The maximum atomic E-state index is 13.5. The number of hydrogen-bond acceptors (Lipinski definition) is 4. The van der Waals surface area contributed by atoms with Crippen molar-refractivity contribution < 1.29 is 9.18 Å². The number of hydrogen-bond donors (Lipinski definition) is 1. The minimum atomic E-state index is -0.206. The average Bonchev–Trinajstić information content (AvgIpc) is 3.29. The van der Waals surface area contributed by atoms with Crippen LogP contribution in [0.3, 0.4) is 0 Å². The molecule has 2 aromatic heterocycles. The van der Waals surface area contributed by atoms with E-state index in [1.165, 1.54) is 24.8 Å². The van der Waals surface area contributed by atoms with E-state index < -0.39 is 0 Å². The first-order valence-electron chi connectivity index (χ1n) is 12.6. The number of aromatic amines is 1. The lowest BCUT2D eigenvalue weighted by Crippen LogP contribution is -2.46. The van der Waals surface area contributed by atoms with Crippen molar-refractivity contribution in [2.24, 2.45) is 0 Å². The van der Waals surface area contributed by atoms with Crippen molar-refractivity contribution in [3.05, 3.63) is 60.2 Å². The first-order valence-corrected chi connectivity index (χ1v) is 12.6. The Labute approximate surface area is 200 Å². The Balaban J connectivity index is 1.19. The standard InChI is InChI=1S/C27H34FN5O/c28-22-7-8-23-24(19-30-25(23)18-22)21-9-14-31(15-10-21)16-17-33(26-6-2-3-11-29-26)27(34)20-32-12-4-1-5-13-32/h2-3,6-8,11,18-19,21,30H,1,4-5,9-10,12-17,20H2. The van der Waals surface area contributed by atoms with Crippen molar-refractivity contribution in [1.29, 1.82) is 0 Å². The number of halogens is 1. The zero-order valence-corrected chi connectivity index (χ0v) is 19.8. The number of carbonyl (C=O) groups excluding carboxylic acids is 1. The molecule has 0 unspecified atom stereocenters. The molecule has 1 aromatic carbocycles. The molecule has 5 rings (SSSR count). The van der Waals surface area contributed by atoms with E-state index >= 15 is 0 Å². The number of benzene rings is 1. The fraction of sp³-hybridized carbons (Fsp3) is 0.481. The summed E-state index contributed by atoms with van der Waals surface area (Å²) in [6.45, 7) is 5.98. The van der Waals surface area contributed by atoms with Gasteiger partial charge in [0, 0.05) is 36.4 Å². The fourth-order valence-electron chi connectivity index (χ4n) is 5.44. The molecule has 0 spiro atoms. The molecule has 0 radical (unpaired) electrons. The minimum absolute atomic E-state index is 0.140. The van der Waals surface area contributed by atoms with Gasteiger partial charge in [0.15, 0.2) is 0 Å². The van der Waals surface area contributed by atoms with Gasteiger partial charge in [-0.1, -0.05) is 12.5 Å². The van der Waals surface area contributed by atoms with Gasteiger partial charge in [-0.2, -0.15) is 0 Å². The predicted octanol–water partition coefficient (Wildman–Crippen LogP) is 4.40. The summed E-state index contributed by atoms with van der Waals surface area (Å²) in [6.07, 6.45) is 9.56. The molecular formula is C27H34FN5O. The van der Waals surface area contributed by atoms with Crippen LogP contribution in [-0.2, 0) is 4.79 Å². The number of nitrogens with zero attached hydrogens (tertiary/aromatic N) is 4. The summed E-state index contributed by atoms with van der Waals surface area (Å²) < 4.78 is 13.5. The van der Waals surface area contributed by atoms with Crippen LogP contribution in [0.1, 0.15) is 43.6 Å². The molecule has 2 aliphatic rings. The van der Waals surface area contributed by atoms with Gasteiger partial charge in [0.2, 0.25) is 5.91 Å². The Morgan fingerprint density at radius 2 is 1.88 bits per heavy atom. The summed E-state index contributed by atoms with van der Waals surface area (Å²) in [7, 11) is 0. The maximum absolute atomic E-state index is 13.5. The summed E-state index contributed by atoms with van der Waals surface area (Å²) in [6, 6.07) is 10.8. The molecule has 2 fully saturated rings. The number of nitrogens with one attached hydrogen (secondary N) is 1. The highest BCUT2D eigenvalue weighted by molar-refractivity contribution is 5.93. The van der Waals surface area contributed by atoms with E-state index in [1.54, 1.807) is 18.3 Å². The Kier molecular flexibility index (Phi) is 7.21. The zero-order chi connectivity index (χ0) is 23.3. The first-order chi connectivity index (χ1) is 16.7. The Morgan fingerprint density at radius 3 is 2.65 bits per heavy atom. The van der Waals surface area contributed by atoms with Crippen LogP contribution in [0.4, 0.5) is 10.2 Å². The van der Waals surface area contributed by atoms with Crippen molar-refractivity contribution in [1.82, 2.24) is 19.8 Å². The normalized spacial score (nSPS) is 18.4. The summed E-state index contributed by atoms with van der Waals surface area (Å²) in [5.41, 5.74) is 2.16. The molecule has 34 heavy (non-hydrogen) atoms. The number of carbonyl (C=O) groups is 1. The lowest BCUT2D eigenvalue weighted by atomic mass is 9.89. The van der Waals surface area contributed by atoms with Crippen molar-refractivity contribution in [2.45, 2.75) is 38.0 Å². The summed E-state index contributed by atoms with van der Waals surface area (Å²) in [4.78, 5) is 27.5. The molecule has 0 saturated carbocycles. The third-order valence-electron chi connectivity index (χ3n) is 7.38. The Morgan fingerprint density at radius 1 is 1.06 bits per heavy atom. The van der Waals surface area contributed by atoms with Crippen molar-refractivity contribution >= 4 is 22.6 Å². The van der Waals surface area contributed by atoms with E-state index in [0.29, 0.717) is 19.0 Å².